The molecule has 156 valence electrons. The number of amides is 1. The Morgan fingerprint density at radius 2 is 1.77 bits per heavy atom. The van der Waals surface area contributed by atoms with Crippen molar-refractivity contribution in [3.63, 3.8) is 0 Å². The number of carbonyl (C=O) groups is 1. The standard InChI is InChI=1S/C24H29N5O/c30-24(25-17-21-11-5-2-6-12-21)23-19-29(27-26-23)18-22-14-8-16-28(22)15-7-13-20-9-3-1-4-10-20/h1-6,9-12,19,22H,7-8,13-18H2,(H,25,30)/t22-/m0/s1. The summed E-state index contributed by atoms with van der Waals surface area (Å²) in [6.07, 6.45) is 6.42. The number of rotatable bonds is 9. The van der Waals surface area contributed by atoms with Crippen molar-refractivity contribution in [3.8, 4) is 0 Å². The fourth-order valence-corrected chi connectivity index (χ4v) is 4.10. The van der Waals surface area contributed by atoms with Gasteiger partial charge in [0, 0.05) is 12.6 Å². The number of aromatic nitrogens is 3. The Morgan fingerprint density at radius 3 is 2.53 bits per heavy atom. The van der Waals surface area contributed by atoms with Gasteiger partial charge in [0.2, 0.25) is 0 Å². The molecule has 1 aromatic heterocycles. The van der Waals surface area contributed by atoms with Gasteiger partial charge in [-0.2, -0.15) is 0 Å². The predicted molar refractivity (Wildman–Crippen MR) is 117 cm³/mol. The zero-order valence-electron chi connectivity index (χ0n) is 17.3. The summed E-state index contributed by atoms with van der Waals surface area (Å²) in [4.78, 5) is 14.9. The molecule has 30 heavy (non-hydrogen) atoms. The number of nitrogens with zero attached hydrogens (tertiary/aromatic N) is 4. The zero-order chi connectivity index (χ0) is 20.6. The van der Waals surface area contributed by atoms with Crippen LogP contribution in [0, 0.1) is 0 Å². The third-order valence-corrected chi connectivity index (χ3v) is 5.72. The first-order valence-electron chi connectivity index (χ1n) is 10.8. The summed E-state index contributed by atoms with van der Waals surface area (Å²) in [7, 11) is 0. The number of likely N-dealkylation sites (tertiary alicyclic amines) is 1. The Labute approximate surface area is 177 Å². The average molecular weight is 404 g/mol. The lowest BCUT2D eigenvalue weighted by atomic mass is 10.1. The van der Waals surface area contributed by atoms with Crippen LogP contribution in [0.1, 0.15) is 40.9 Å². The van der Waals surface area contributed by atoms with Crippen LogP contribution in [0.15, 0.2) is 66.9 Å². The van der Waals surface area contributed by atoms with Crippen LogP contribution in [0.4, 0.5) is 0 Å². The first kappa shape index (κ1) is 20.3. The summed E-state index contributed by atoms with van der Waals surface area (Å²) >= 11 is 0. The lowest BCUT2D eigenvalue weighted by Gasteiger charge is -2.24. The van der Waals surface area contributed by atoms with E-state index in [1.165, 1.54) is 18.4 Å². The molecule has 3 aromatic rings. The number of aryl methyl sites for hydroxylation is 1. The second kappa shape index (κ2) is 10.2. The van der Waals surface area contributed by atoms with Crippen LogP contribution < -0.4 is 5.32 Å². The summed E-state index contributed by atoms with van der Waals surface area (Å²) in [5, 5.41) is 11.2. The largest absolute Gasteiger partial charge is 0.347 e. The maximum absolute atomic E-state index is 12.4. The second-order valence-corrected chi connectivity index (χ2v) is 7.92. The molecule has 1 atom stereocenters. The molecule has 1 aliphatic rings. The van der Waals surface area contributed by atoms with Crippen molar-refractivity contribution < 1.29 is 4.79 Å². The Kier molecular flexibility index (Phi) is 6.87. The van der Waals surface area contributed by atoms with Crippen LogP contribution in [-0.4, -0.2) is 44.9 Å². The SMILES string of the molecule is O=C(NCc1ccccc1)c1cn(C[C@@H]2CCCN2CCCc2ccccc2)nn1. The van der Waals surface area contributed by atoms with Crippen molar-refractivity contribution in [1.29, 1.82) is 0 Å². The van der Waals surface area contributed by atoms with Gasteiger partial charge in [-0.05, 0) is 49.9 Å². The van der Waals surface area contributed by atoms with E-state index >= 15 is 0 Å². The normalized spacial score (nSPS) is 16.6. The number of benzene rings is 2. The fraction of sp³-hybridized carbons (Fsp3) is 0.375. The summed E-state index contributed by atoms with van der Waals surface area (Å²) < 4.78 is 1.82. The number of hydrogen-bond donors (Lipinski definition) is 1. The van der Waals surface area contributed by atoms with Crippen molar-refractivity contribution in [3.05, 3.63) is 83.7 Å². The first-order chi connectivity index (χ1) is 14.8. The van der Waals surface area contributed by atoms with Crippen LogP contribution in [0.3, 0.4) is 0 Å². The van der Waals surface area contributed by atoms with Gasteiger partial charge in [0.05, 0.1) is 12.7 Å². The molecule has 6 nitrogen and oxygen atoms in total. The van der Waals surface area contributed by atoms with E-state index in [0.29, 0.717) is 18.3 Å². The smallest absolute Gasteiger partial charge is 0.273 e. The van der Waals surface area contributed by atoms with Gasteiger partial charge >= 0.3 is 0 Å². The van der Waals surface area contributed by atoms with Gasteiger partial charge in [-0.1, -0.05) is 65.9 Å². The summed E-state index contributed by atoms with van der Waals surface area (Å²) in [5.74, 6) is -0.184. The highest BCUT2D eigenvalue weighted by Crippen LogP contribution is 2.19. The molecule has 1 fully saturated rings. The van der Waals surface area contributed by atoms with E-state index in [-0.39, 0.29) is 5.91 Å². The van der Waals surface area contributed by atoms with E-state index in [0.717, 1.165) is 38.0 Å². The molecule has 2 aromatic carbocycles. The molecule has 0 aliphatic carbocycles. The third kappa shape index (κ3) is 5.54. The van der Waals surface area contributed by atoms with E-state index in [2.05, 4.69) is 50.9 Å². The molecule has 0 saturated carbocycles. The molecule has 1 amide bonds. The van der Waals surface area contributed by atoms with Crippen molar-refractivity contribution in [1.82, 2.24) is 25.2 Å². The molecule has 2 heterocycles. The van der Waals surface area contributed by atoms with Gasteiger partial charge in [0.15, 0.2) is 5.69 Å². The highest BCUT2D eigenvalue weighted by Gasteiger charge is 2.25. The minimum Gasteiger partial charge on any atom is -0.347 e. The molecular weight excluding hydrogens is 374 g/mol. The second-order valence-electron chi connectivity index (χ2n) is 7.92. The van der Waals surface area contributed by atoms with Gasteiger partial charge in [-0.25, -0.2) is 0 Å². The highest BCUT2D eigenvalue weighted by atomic mass is 16.2. The molecule has 6 heteroatoms. The zero-order valence-corrected chi connectivity index (χ0v) is 17.3. The number of hydrogen-bond acceptors (Lipinski definition) is 4. The van der Waals surface area contributed by atoms with Crippen molar-refractivity contribution >= 4 is 5.91 Å². The van der Waals surface area contributed by atoms with E-state index in [1.807, 2.05) is 35.0 Å². The van der Waals surface area contributed by atoms with Crippen LogP contribution in [0.25, 0.3) is 0 Å². The molecule has 0 radical (unpaired) electrons. The topological polar surface area (TPSA) is 63.1 Å². The summed E-state index contributed by atoms with van der Waals surface area (Å²) in [5.41, 5.74) is 2.84. The molecule has 1 N–H and O–H groups in total. The minimum atomic E-state index is -0.184. The van der Waals surface area contributed by atoms with Crippen molar-refractivity contribution in [2.24, 2.45) is 0 Å². The van der Waals surface area contributed by atoms with Crippen LogP contribution in [0.5, 0.6) is 0 Å². The molecule has 0 unspecified atom stereocenters. The lowest BCUT2D eigenvalue weighted by Crippen LogP contribution is -2.34. The van der Waals surface area contributed by atoms with E-state index < -0.39 is 0 Å². The molecule has 1 saturated heterocycles. The summed E-state index contributed by atoms with van der Waals surface area (Å²) in [6, 6.07) is 21.0. The Balaban J connectivity index is 1.25. The number of carbonyl (C=O) groups excluding carboxylic acids is 1. The van der Waals surface area contributed by atoms with Crippen LogP contribution in [-0.2, 0) is 19.5 Å². The minimum absolute atomic E-state index is 0.184. The Hall–Kier alpha value is -2.99. The van der Waals surface area contributed by atoms with Crippen LogP contribution >= 0.6 is 0 Å². The maximum atomic E-state index is 12.4. The van der Waals surface area contributed by atoms with Crippen molar-refractivity contribution in [2.75, 3.05) is 13.1 Å². The van der Waals surface area contributed by atoms with E-state index in [9.17, 15) is 4.79 Å². The molecule has 0 spiro atoms. The van der Waals surface area contributed by atoms with Gasteiger partial charge in [0.25, 0.3) is 5.91 Å². The monoisotopic (exact) mass is 403 g/mol. The Bertz CT molecular complexity index is 925. The fourth-order valence-electron chi connectivity index (χ4n) is 4.10. The number of nitrogens with one attached hydrogen (secondary N) is 1. The quantitative estimate of drug-likeness (QED) is 0.595. The first-order valence-corrected chi connectivity index (χ1v) is 10.8. The molecule has 4 rings (SSSR count). The lowest BCUT2D eigenvalue weighted by molar-refractivity contribution is 0.0946. The predicted octanol–water partition coefficient (Wildman–Crippen LogP) is 3.31. The average Bonchev–Trinajstić information content (AvgIpc) is 3.44. The van der Waals surface area contributed by atoms with Crippen LogP contribution in [0.2, 0.25) is 0 Å². The Morgan fingerprint density at radius 1 is 1.03 bits per heavy atom. The van der Waals surface area contributed by atoms with Gasteiger partial charge in [0.1, 0.15) is 0 Å². The third-order valence-electron chi connectivity index (χ3n) is 5.72. The molecular formula is C24H29N5O. The van der Waals surface area contributed by atoms with E-state index in [1.54, 1.807) is 6.20 Å². The highest BCUT2D eigenvalue weighted by molar-refractivity contribution is 5.91. The van der Waals surface area contributed by atoms with Gasteiger partial charge in [-0.15, -0.1) is 5.10 Å². The van der Waals surface area contributed by atoms with Gasteiger partial charge < -0.3 is 5.32 Å². The van der Waals surface area contributed by atoms with E-state index in [4.69, 9.17) is 0 Å². The molecule has 1 aliphatic heterocycles. The summed E-state index contributed by atoms with van der Waals surface area (Å²) in [6.45, 7) is 3.51. The van der Waals surface area contributed by atoms with Gasteiger partial charge in [-0.3, -0.25) is 14.4 Å². The maximum Gasteiger partial charge on any atom is 0.273 e. The molecule has 0 bridgehead atoms. The van der Waals surface area contributed by atoms with Crippen molar-refractivity contribution in [2.45, 2.75) is 44.8 Å².